The molecule has 1 N–H and O–H groups in total. The van der Waals surface area contributed by atoms with Crippen molar-refractivity contribution in [3.8, 4) is 11.5 Å². The minimum Gasteiger partial charge on any atom is -0.462 e. The zero-order valence-corrected chi connectivity index (χ0v) is 16.5. The molecule has 1 amide bonds. The molecule has 1 aliphatic heterocycles. The van der Waals surface area contributed by atoms with E-state index in [1.54, 1.807) is 13.0 Å². The smallest absolute Gasteiger partial charge is 0.341 e. The van der Waals surface area contributed by atoms with Gasteiger partial charge in [-0.05, 0) is 31.6 Å². The van der Waals surface area contributed by atoms with E-state index < -0.39 is 16.8 Å². The Morgan fingerprint density at radius 1 is 1.28 bits per heavy atom. The predicted octanol–water partition coefficient (Wildman–Crippen LogP) is 3.78. The van der Waals surface area contributed by atoms with Crippen LogP contribution in [0.2, 0.25) is 0 Å². The normalized spacial score (nSPS) is 12.2. The van der Waals surface area contributed by atoms with E-state index in [0.717, 1.165) is 11.0 Å². The number of esters is 1. The van der Waals surface area contributed by atoms with Crippen LogP contribution < -0.4 is 14.8 Å². The zero-order chi connectivity index (χ0) is 21.0. The van der Waals surface area contributed by atoms with Crippen LogP contribution >= 0.6 is 11.3 Å². The number of carbonyl (C=O) groups is 2. The largest absolute Gasteiger partial charge is 0.462 e. The van der Waals surface area contributed by atoms with Gasteiger partial charge in [0.25, 0.3) is 5.69 Å². The number of nitrogens with one attached hydrogen (secondary N) is 1. The number of rotatable bonds is 7. The summed E-state index contributed by atoms with van der Waals surface area (Å²) in [6.07, 6.45) is 3.17. The van der Waals surface area contributed by atoms with Crippen molar-refractivity contribution in [1.82, 2.24) is 0 Å². The standard InChI is InChI=1S/C19H18N2O7S/c1-3-12-8-13(19(23)26-4-2)18(29-12)20-17(22)6-5-11-7-15-16(28-10-27-15)9-14(11)21(24)25/h5-9H,3-4,10H2,1-2H3,(H,20,22)/b6-5+. The molecule has 2 aromatic rings. The van der Waals surface area contributed by atoms with Gasteiger partial charge in [-0.3, -0.25) is 14.9 Å². The summed E-state index contributed by atoms with van der Waals surface area (Å²) in [6, 6.07) is 4.38. The number of nitro benzene ring substituents is 1. The van der Waals surface area contributed by atoms with Crippen LogP contribution in [0.3, 0.4) is 0 Å². The Labute approximate surface area is 170 Å². The fourth-order valence-electron chi connectivity index (χ4n) is 2.63. The van der Waals surface area contributed by atoms with Gasteiger partial charge in [-0.1, -0.05) is 6.92 Å². The maximum atomic E-state index is 12.4. The molecule has 9 nitrogen and oxygen atoms in total. The van der Waals surface area contributed by atoms with E-state index in [4.69, 9.17) is 14.2 Å². The van der Waals surface area contributed by atoms with E-state index in [1.165, 1.54) is 29.5 Å². The van der Waals surface area contributed by atoms with Crippen LogP contribution in [0, 0.1) is 10.1 Å². The van der Waals surface area contributed by atoms with Crippen LogP contribution in [0.25, 0.3) is 6.08 Å². The molecule has 0 fully saturated rings. The molecule has 0 atom stereocenters. The van der Waals surface area contributed by atoms with Crippen molar-refractivity contribution in [1.29, 1.82) is 0 Å². The Morgan fingerprint density at radius 2 is 2.00 bits per heavy atom. The van der Waals surface area contributed by atoms with E-state index in [-0.39, 0.29) is 36.0 Å². The van der Waals surface area contributed by atoms with E-state index in [9.17, 15) is 19.7 Å². The topological polar surface area (TPSA) is 117 Å². The molecule has 0 unspecified atom stereocenters. The van der Waals surface area contributed by atoms with Crippen molar-refractivity contribution in [2.75, 3.05) is 18.7 Å². The molecule has 29 heavy (non-hydrogen) atoms. The molecule has 10 heteroatoms. The third kappa shape index (κ3) is 4.54. The second kappa shape index (κ2) is 8.74. The molecule has 1 aromatic heterocycles. The van der Waals surface area contributed by atoms with Crippen LogP contribution in [-0.2, 0) is 16.0 Å². The number of anilines is 1. The van der Waals surface area contributed by atoms with Gasteiger partial charge in [0, 0.05) is 11.0 Å². The fraction of sp³-hybridized carbons (Fsp3) is 0.263. The minimum absolute atomic E-state index is 0.0189. The van der Waals surface area contributed by atoms with E-state index >= 15 is 0 Å². The molecule has 0 aliphatic carbocycles. The lowest BCUT2D eigenvalue weighted by Gasteiger charge is -2.04. The number of carbonyl (C=O) groups excluding carboxylic acids is 2. The van der Waals surface area contributed by atoms with Gasteiger partial charge in [-0.25, -0.2) is 4.79 Å². The number of ether oxygens (including phenoxy) is 3. The first kappa shape index (κ1) is 20.3. The van der Waals surface area contributed by atoms with Crippen LogP contribution in [-0.4, -0.2) is 30.2 Å². The third-order valence-corrected chi connectivity index (χ3v) is 5.19. The molecular weight excluding hydrogens is 400 g/mol. The highest BCUT2D eigenvalue weighted by Gasteiger charge is 2.22. The summed E-state index contributed by atoms with van der Waals surface area (Å²) in [5.41, 5.74) is 0.264. The number of hydrogen-bond acceptors (Lipinski definition) is 8. The third-order valence-electron chi connectivity index (χ3n) is 4.00. The van der Waals surface area contributed by atoms with E-state index in [0.29, 0.717) is 17.2 Å². The number of nitro groups is 1. The maximum Gasteiger partial charge on any atom is 0.341 e. The van der Waals surface area contributed by atoms with Crippen molar-refractivity contribution in [3.63, 3.8) is 0 Å². The number of hydrogen-bond donors (Lipinski definition) is 1. The molecule has 0 bridgehead atoms. The van der Waals surface area contributed by atoms with Gasteiger partial charge < -0.3 is 19.5 Å². The van der Waals surface area contributed by atoms with Crippen LogP contribution in [0.4, 0.5) is 10.7 Å². The average molecular weight is 418 g/mol. The van der Waals surface area contributed by atoms with E-state index in [1.807, 2.05) is 6.92 Å². The molecule has 1 aliphatic rings. The molecular formula is C19H18N2O7S. The Bertz CT molecular complexity index is 997. The first-order valence-electron chi connectivity index (χ1n) is 8.79. The first-order valence-corrected chi connectivity index (χ1v) is 9.61. The van der Waals surface area contributed by atoms with Crippen molar-refractivity contribution in [3.05, 3.63) is 50.4 Å². The van der Waals surface area contributed by atoms with E-state index in [2.05, 4.69) is 5.32 Å². The summed E-state index contributed by atoms with van der Waals surface area (Å²) in [5.74, 6) is -0.407. The first-order chi connectivity index (χ1) is 13.9. The monoisotopic (exact) mass is 418 g/mol. The molecule has 1 aromatic carbocycles. The Hall–Kier alpha value is -3.40. The Kier molecular flexibility index (Phi) is 6.13. The summed E-state index contributed by atoms with van der Waals surface area (Å²) >= 11 is 1.28. The van der Waals surface area contributed by atoms with Gasteiger partial charge in [0.1, 0.15) is 5.00 Å². The van der Waals surface area contributed by atoms with Crippen molar-refractivity contribution in [2.24, 2.45) is 0 Å². The minimum atomic E-state index is -0.564. The van der Waals surface area contributed by atoms with Crippen molar-refractivity contribution < 1.29 is 28.7 Å². The molecule has 3 rings (SSSR count). The average Bonchev–Trinajstić information content (AvgIpc) is 3.31. The second-order valence-electron chi connectivity index (χ2n) is 5.87. The molecule has 0 saturated carbocycles. The molecule has 0 radical (unpaired) electrons. The Balaban J connectivity index is 1.81. The Morgan fingerprint density at radius 3 is 2.66 bits per heavy atom. The quantitative estimate of drug-likeness (QED) is 0.315. The number of nitrogens with zero attached hydrogens (tertiary/aromatic N) is 1. The number of aryl methyl sites for hydroxylation is 1. The zero-order valence-electron chi connectivity index (χ0n) is 15.7. The molecule has 0 spiro atoms. The molecule has 0 saturated heterocycles. The summed E-state index contributed by atoms with van der Waals surface area (Å²) in [5, 5.41) is 14.3. The lowest BCUT2D eigenvalue weighted by molar-refractivity contribution is -0.385. The van der Waals surface area contributed by atoms with Gasteiger partial charge in [-0.15, -0.1) is 11.3 Å². The van der Waals surface area contributed by atoms with Gasteiger partial charge in [-0.2, -0.15) is 0 Å². The highest BCUT2D eigenvalue weighted by molar-refractivity contribution is 7.16. The summed E-state index contributed by atoms with van der Waals surface area (Å²) in [4.78, 5) is 36.1. The van der Waals surface area contributed by atoms with Gasteiger partial charge in [0.2, 0.25) is 12.7 Å². The highest BCUT2D eigenvalue weighted by atomic mass is 32.1. The van der Waals surface area contributed by atoms with Gasteiger partial charge in [0.05, 0.1) is 28.7 Å². The van der Waals surface area contributed by atoms with Crippen LogP contribution in [0.1, 0.15) is 34.6 Å². The second-order valence-corrected chi connectivity index (χ2v) is 7.01. The molecule has 2 heterocycles. The van der Waals surface area contributed by atoms with Crippen LogP contribution in [0.5, 0.6) is 11.5 Å². The highest BCUT2D eigenvalue weighted by Crippen LogP contribution is 2.38. The molecule has 152 valence electrons. The van der Waals surface area contributed by atoms with Crippen molar-refractivity contribution >= 4 is 40.0 Å². The van der Waals surface area contributed by atoms with Crippen LogP contribution in [0.15, 0.2) is 24.3 Å². The lowest BCUT2D eigenvalue weighted by atomic mass is 10.1. The summed E-state index contributed by atoms with van der Waals surface area (Å²) < 4.78 is 15.4. The predicted molar refractivity (Wildman–Crippen MR) is 107 cm³/mol. The SMILES string of the molecule is CCOC(=O)c1cc(CC)sc1NC(=O)/C=C/c1cc2c(cc1[N+](=O)[O-])OCO2. The van der Waals surface area contributed by atoms with Gasteiger partial charge in [0.15, 0.2) is 11.5 Å². The van der Waals surface area contributed by atoms with Gasteiger partial charge >= 0.3 is 5.97 Å². The number of fused-ring (bicyclic) bond motifs is 1. The summed E-state index contributed by atoms with van der Waals surface area (Å²) in [6.45, 7) is 3.83. The number of amides is 1. The number of thiophene rings is 1. The lowest BCUT2D eigenvalue weighted by Crippen LogP contribution is -2.11. The fourth-order valence-corrected chi connectivity index (χ4v) is 3.61. The maximum absolute atomic E-state index is 12.4. The number of benzene rings is 1. The summed E-state index contributed by atoms with van der Waals surface area (Å²) in [7, 11) is 0. The van der Waals surface area contributed by atoms with Crippen molar-refractivity contribution in [2.45, 2.75) is 20.3 Å².